The highest BCUT2D eigenvalue weighted by atomic mass is 19.1. The molecule has 1 heterocycles. The van der Waals surface area contributed by atoms with Crippen molar-refractivity contribution >= 4 is 11.8 Å². The Morgan fingerprint density at radius 1 is 1.19 bits per heavy atom. The lowest BCUT2D eigenvalue weighted by Crippen LogP contribution is -2.51. The molecule has 0 aromatic heterocycles. The normalized spacial score (nSPS) is 25.3. The molecular formula is C20H27FN2O4. The first-order valence-electron chi connectivity index (χ1n) is 9.56. The Bertz CT molecular complexity index is 646. The van der Waals surface area contributed by atoms with Gasteiger partial charge in [-0.15, -0.1) is 0 Å². The number of benzene rings is 1. The van der Waals surface area contributed by atoms with Crippen molar-refractivity contribution in [3.05, 3.63) is 30.1 Å². The van der Waals surface area contributed by atoms with E-state index in [4.69, 9.17) is 9.47 Å². The summed E-state index contributed by atoms with van der Waals surface area (Å²) in [5, 5.41) is 2.94. The molecule has 1 aliphatic heterocycles. The van der Waals surface area contributed by atoms with Crippen LogP contribution in [-0.4, -0.2) is 55.7 Å². The number of nitrogens with zero attached hydrogens (tertiary/aromatic N) is 1. The van der Waals surface area contributed by atoms with E-state index in [9.17, 15) is 14.0 Å². The molecular weight excluding hydrogens is 351 g/mol. The van der Waals surface area contributed by atoms with Gasteiger partial charge in [0, 0.05) is 26.1 Å². The molecule has 7 heteroatoms. The summed E-state index contributed by atoms with van der Waals surface area (Å²) in [6.45, 7) is 1.51. The van der Waals surface area contributed by atoms with Crippen LogP contribution in [0.4, 0.5) is 4.39 Å². The smallest absolute Gasteiger partial charge is 0.258 e. The third-order valence-electron chi connectivity index (χ3n) is 5.39. The van der Waals surface area contributed by atoms with Gasteiger partial charge in [0.25, 0.3) is 5.91 Å². The van der Waals surface area contributed by atoms with E-state index in [2.05, 4.69) is 5.32 Å². The van der Waals surface area contributed by atoms with Gasteiger partial charge in [-0.3, -0.25) is 9.59 Å². The number of rotatable bonds is 6. The van der Waals surface area contributed by atoms with Gasteiger partial charge in [-0.2, -0.15) is 0 Å². The maximum Gasteiger partial charge on any atom is 0.258 e. The van der Waals surface area contributed by atoms with Crippen LogP contribution >= 0.6 is 0 Å². The van der Waals surface area contributed by atoms with Crippen molar-refractivity contribution in [1.29, 1.82) is 0 Å². The predicted molar refractivity (Wildman–Crippen MR) is 97.8 cm³/mol. The van der Waals surface area contributed by atoms with Gasteiger partial charge in [0.2, 0.25) is 5.91 Å². The van der Waals surface area contributed by atoms with Gasteiger partial charge in [0.1, 0.15) is 11.6 Å². The van der Waals surface area contributed by atoms with Crippen molar-refractivity contribution in [2.45, 2.75) is 44.2 Å². The van der Waals surface area contributed by atoms with E-state index in [-0.39, 0.29) is 42.3 Å². The summed E-state index contributed by atoms with van der Waals surface area (Å²) in [4.78, 5) is 26.9. The molecule has 2 amide bonds. The number of ether oxygens (including phenoxy) is 2. The minimum Gasteiger partial charge on any atom is -0.484 e. The standard InChI is InChI=1S/C20H27FN2O4/c1-26-18-9-4-14(20(25)23-10-2-3-11-23)12-17(18)22-19(24)13-27-16-7-5-15(21)6-8-16/h5-8,14,17-18H,2-4,9-13H2,1H3,(H,22,24)/t14-,17+,18+/m0/s1. The van der Waals surface area contributed by atoms with Crippen LogP contribution in [-0.2, 0) is 14.3 Å². The second-order valence-corrected chi connectivity index (χ2v) is 7.23. The monoisotopic (exact) mass is 378 g/mol. The lowest BCUT2D eigenvalue weighted by molar-refractivity contribution is -0.138. The zero-order chi connectivity index (χ0) is 19.2. The van der Waals surface area contributed by atoms with Crippen molar-refractivity contribution in [2.75, 3.05) is 26.8 Å². The maximum atomic E-state index is 12.9. The van der Waals surface area contributed by atoms with E-state index < -0.39 is 0 Å². The van der Waals surface area contributed by atoms with Crippen LogP contribution < -0.4 is 10.1 Å². The minimum atomic E-state index is -0.356. The molecule has 148 valence electrons. The number of amides is 2. The highest BCUT2D eigenvalue weighted by Gasteiger charge is 2.37. The molecule has 1 N–H and O–H groups in total. The Labute approximate surface area is 159 Å². The first-order valence-corrected chi connectivity index (χ1v) is 9.56. The SMILES string of the molecule is CO[C@@H]1CC[C@H](C(=O)N2CCCC2)C[C@H]1NC(=O)COc1ccc(F)cc1. The lowest BCUT2D eigenvalue weighted by atomic mass is 9.82. The molecule has 0 bridgehead atoms. The molecule has 2 aliphatic rings. The predicted octanol–water partition coefficient (Wildman–Crippen LogP) is 2.13. The molecule has 27 heavy (non-hydrogen) atoms. The quantitative estimate of drug-likeness (QED) is 0.823. The number of hydrogen-bond donors (Lipinski definition) is 1. The van der Waals surface area contributed by atoms with Crippen molar-refractivity contribution < 1.29 is 23.5 Å². The van der Waals surface area contributed by atoms with Crippen LogP contribution in [0.3, 0.4) is 0 Å². The maximum absolute atomic E-state index is 12.9. The van der Waals surface area contributed by atoms with Crippen molar-refractivity contribution in [3.63, 3.8) is 0 Å². The number of carbonyl (C=O) groups is 2. The molecule has 3 rings (SSSR count). The van der Waals surface area contributed by atoms with E-state index in [1.807, 2.05) is 4.90 Å². The first kappa shape index (κ1) is 19.6. The molecule has 0 spiro atoms. The molecule has 0 unspecified atom stereocenters. The second kappa shape index (κ2) is 9.17. The summed E-state index contributed by atoms with van der Waals surface area (Å²) >= 11 is 0. The van der Waals surface area contributed by atoms with Crippen LogP contribution in [0.1, 0.15) is 32.1 Å². The Balaban J connectivity index is 1.52. The van der Waals surface area contributed by atoms with Crippen molar-refractivity contribution in [1.82, 2.24) is 10.2 Å². The topological polar surface area (TPSA) is 67.9 Å². The Hall–Kier alpha value is -2.15. The van der Waals surface area contributed by atoms with Crippen LogP contribution in [0.25, 0.3) is 0 Å². The van der Waals surface area contributed by atoms with Crippen LogP contribution in [0.2, 0.25) is 0 Å². The van der Waals surface area contributed by atoms with E-state index in [1.165, 1.54) is 24.3 Å². The summed E-state index contributed by atoms with van der Waals surface area (Å²) in [6.07, 6.45) is 4.13. The van der Waals surface area contributed by atoms with E-state index in [1.54, 1.807) is 7.11 Å². The van der Waals surface area contributed by atoms with Crippen LogP contribution in [0.15, 0.2) is 24.3 Å². The molecule has 0 radical (unpaired) electrons. The van der Waals surface area contributed by atoms with Gasteiger partial charge in [-0.05, 0) is 56.4 Å². The van der Waals surface area contributed by atoms with Gasteiger partial charge in [-0.25, -0.2) is 4.39 Å². The van der Waals surface area contributed by atoms with E-state index in [0.29, 0.717) is 12.2 Å². The third kappa shape index (κ3) is 5.19. The second-order valence-electron chi connectivity index (χ2n) is 7.23. The minimum absolute atomic E-state index is 0.0715. The van der Waals surface area contributed by atoms with Crippen LogP contribution in [0, 0.1) is 11.7 Å². The molecule has 2 fully saturated rings. The Morgan fingerprint density at radius 2 is 1.89 bits per heavy atom. The molecule has 1 saturated heterocycles. The highest BCUT2D eigenvalue weighted by molar-refractivity contribution is 5.80. The Morgan fingerprint density at radius 3 is 2.56 bits per heavy atom. The fourth-order valence-electron chi connectivity index (χ4n) is 3.92. The molecule has 1 aromatic carbocycles. The van der Waals surface area contributed by atoms with E-state index >= 15 is 0 Å². The van der Waals surface area contributed by atoms with Gasteiger partial charge >= 0.3 is 0 Å². The van der Waals surface area contributed by atoms with Crippen molar-refractivity contribution in [2.24, 2.45) is 5.92 Å². The number of methoxy groups -OCH3 is 1. The molecule has 3 atom stereocenters. The number of halogens is 1. The van der Waals surface area contributed by atoms with Gasteiger partial charge < -0.3 is 19.7 Å². The van der Waals surface area contributed by atoms with E-state index in [0.717, 1.165) is 38.8 Å². The fourth-order valence-corrected chi connectivity index (χ4v) is 3.92. The highest BCUT2D eigenvalue weighted by Crippen LogP contribution is 2.29. The summed E-state index contributed by atoms with van der Waals surface area (Å²) in [6, 6.07) is 5.30. The molecule has 1 aromatic rings. The molecule has 1 saturated carbocycles. The van der Waals surface area contributed by atoms with Gasteiger partial charge in [0.15, 0.2) is 6.61 Å². The largest absolute Gasteiger partial charge is 0.484 e. The summed E-state index contributed by atoms with van der Waals surface area (Å²) in [7, 11) is 1.63. The number of likely N-dealkylation sites (tertiary alicyclic amines) is 1. The zero-order valence-electron chi connectivity index (χ0n) is 15.7. The third-order valence-corrected chi connectivity index (χ3v) is 5.39. The molecule has 6 nitrogen and oxygen atoms in total. The zero-order valence-corrected chi connectivity index (χ0v) is 15.7. The van der Waals surface area contributed by atoms with Crippen LogP contribution in [0.5, 0.6) is 5.75 Å². The summed E-state index contributed by atoms with van der Waals surface area (Å²) in [5.74, 6) is -0.0754. The average molecular weight is 378 g/mol. The van der Waals surface area contributed by atoms with Gasteiger partial charge in [0.05, 0.1) is 12.1 Å². The average Bonchev–Trinajstić information content (AvgIpc) is 3.21. The number of hydrogen-bond acceptors (Lipinski definition) is 4. The lowest BCUT2D eigenvalue weighted by Gasteiger charge is -2.36. The molecule has 1 aliphatic carbocycles. The number of nitrogens with one attached hydrogen (secondary N) is 1. The van der Waals surface area contributed by atoms with Crippen molar-refractivity contribution in [3.8, 4) is 5.75 Å². The first-order chi connectivity index (χ1) is 13.1. The number of carbonyl (C=O) groups excluding carboxylic acids is 2. The fraction of sp³-hybridized carbons (Fsp3) is 0.600. The Kier molecular flexibility index (Phi) is 6.66. The van der Waals surface area contributed by atoms with Gasteiger partial charge in [-0.1, -0.05) is 0 Å². The summed E-state index contributed by atoms with van der Waals surface area (Å²) < 4.78 is 23.8. The summed E-state index contributed by atoms with van der Waals surface area (Å²) in [5.41, 5.74) is 0.